The first kappa shape index (κ1) is 33.4. The maximum Gasteiger partial charge on any atom is 0.318 e. The number of anilines is 1. The Balaban J connectivity index is 0.00000400. The van der Waals surface area contributed by atoms with Crippen molar-refractivity contribution in [3.05, 3.63) is 196 Å². The number of benzene rings is 4. The quantitative estimate of drug-likeness (QED) is 0.104. The molecule has 2 aliphatic rings. The number of nitrogens with two attached hydrogens (primary N) is 1. The van der Waals surface area contributed by atoms with E-state index in [9.17, 15) is 10.1 Å². The van der Waals surface area contributed by atoms with E-state index in [2.05, 4.69) is 35.3 Å². The van der Waals surface area contributed by atoms with Crippen molar-refractivity contribution in [2.45, 2.75) is 0 Å². The van der Waals surface area contributed by atoms with Gasteiger partial charge in [0.05, 0.1) is 33.2 Å². The Bertz CT molecular complexity index is 2760. The Hall–Kier alpha value is -6.70. The molecule has 8 nitrogen and oxygen atoms in total. The number of H-pyrrole nitrogens is 1. The van der Waals surface area contributed by atoms with Crippen molar-refractivity contribution in [3.8, 4) is 16.8 Å². The third kappa shape index (κ3) is 5.97. The first-order valence-electron chi connectivity index (χ1n) is 16.9. The van der Waals surface area contributed by atoms with Gasteiger partial charge in [0.15, 0.2) is 0 Å². The molecule has 0 amide bonds. The predicted octanol–water partition coefficient (Wildman–Crippen LogP) is 10.1. The topological polar surface area (TPSA) is 116 Å². The fourth-order valence-corrected chi connectivity index (χ4v) is 7.15. The van der Waals surface area contributed by atoms with Crippen LogP contribution in [0.4, 0.5) is 11.4 Å². The summed E-state index contributed by atoms with van der Waals surface area (Å²) < 4.78 is 1.88. The Labute approximate surface area is 317 Å². The van der Waals surface area contributed by atoms with Gasteiger partial charge in [0.2, 0.25) is 0 Å². The number of nitro groups is 1. The van der Waals surface area contributed by atoms with Gasteiger partial charge in [0.25, 0.3) is 0 Å². The van der Waals surface area contributed by atoms with Crippen LogP contribution in [0.3, 0.4) is 0 Å². The van der Waals surface area contributed by atoms with Crippen LogP contribution in [0, 0.1) is 10.1 Å². The number of nitrogens with zero attached hydrogens (tertiary/aromatic N) is 4. The molecule has 9 rings (SSSR count). The van der Waals surface area contributed by atoms with Gasteiger partial charge in [-0.2, -0.15) is 0 Å². The second-order valence-corrected chi connectivity index (χ2v) is 12.6. The summed E-state index contributed by atoms with van der Waals surface area (Å²) >= 11 is 0. The van der Waals surface area contributed by atoms with Gasteiger partial charge in [0, 0.05) is 52.9 Å². The molecule has 5 heterocycles. The van der Waals surface area contributed by atoms with Crippen molar-refractivity contribution >= 4 is 56.7 Å². The van der Waals surface area contributed by atoms with Crippen molar-refractivity contribution in [2.75, 3.05) is 5.73 Å². The van der Waals surface area contributed by atoms with Crippen LogP contribution in [-0.2, 0) is 19.5 Å². The molecule has 4 aromatic carbocycles. The summed E-state index contributed by atoms with van der Waals surface area (Å²) in [5, 5.41) is 13.1. The molecule has 0 aliphatic carbocycles. The molecule has 0 saturated heterocycles. The van der Waals surface area contributed by atoms with Gasteiger partial charge in [-0.25, -0.2) is 9.97 Å². The predicted molar refractivity (Wildman–Crippen MR) is 209 cm³/mol. The van der Waals surface area contributed by atoms with E-state index in [-0.39, 0.29) is 30.9 Å². The molecule has 2 aliphatic heterocycles. The van der Waals surface area contributed by atoms with Crippen LogP contribution in [0.5, 0.6) is 0 Å². The maximum absolute atomic E-state index is 13.1. The van der Waals surface area contributed by atoms with E-state index in [0.29, 0.717) is 39.4 Å². The normalized spacial score (nSPS) is 12.1. The minimum atomic E-state index is -0.401. The van der Waals surface area contributed by atoms with Gasteiger partial charge < -0.3 is 15.3 Å². The number of aromatic amines is 1. The molecule has 7 aromatic rings. The molecule has 3 N–H and O–H groups in total. The van der Waals surface area contributed by atoms with E-state index in [1.807, 2.05) is 132 Å². The standard InChI is InChI=1S/C44H30N6O2.Zn/c45-41-43(50(51)52)37-27-34-24-22-32(47-34)25-31-21-23-33(46-31)26-36-38(28-13-5-1-6-14-28)39(29-15-7-2-8-16-29)42(48-36)40(30-17-9-3-10-18-30)44(41)49(37)35-19-11-4-12-20-35;/h1-27,46H,45H2;. The van der Waals surface area contributed by atoms with E-state index in [1.165, 1.54) is 0 Å². The molecule has 0 saturated carbocycles. The van der Waals surface area contributed by atoms with Crippen molar-refractivity contribution in [2.24, 2.45) is 0 Å². The minimum Gasteiger partial charge on any atom is -0.391 e. The van der Waals surface area contributed by atoms with Crippen LogP contribution in [0.1, 0.15) is 33.9 Å². The number of nitrogens with one attached hydrogen (secondary N) is 1. The second-order valence-electron chi connectivity index (χ2n) is 12.6. The number of fused-ring (bicyclic) bond motifs is 8. The first-order chi connectivity index (χ1) is 25.5. The summed E-state index contributed by atoms with van der Waals surface area (Å²) in [6, 6.07) is 49.6. The number of hydrogen-bond donors (Lipinski definition) is 2. The van der Waals surface area contributed by atoms with E-state index in [0.717, 1.165) is 44.6 Å². The van der Waals surface area contributed by atoms with E-state index >= 15 is 0 Å². The summed E-state index contributed by atoms with van der Waals surface area (Å²) in [7, 11) is 0. The maximum atomic E-state index is 13.1. The molecule has 0 spiro atoms. The molecule has 250 valence electrons. The van der Waals surface area contributed by atoms with Crippen LogP contribution in [-0.4, -0.2) is 24.4 Å². The average molecular weight is 740 g/mol. The number of rotatable bonds is 5. The molecule has 0 fully saturated rings. The Morgan fingerprint density at radius 2 is 1.15 bits per heavy atom. The SMILES string of the molecule is Nc1c([N+](=O)[O-])c2cc3nc(cc4ccc(cc5nc(c(-c6ccccc6)c1n2-c1ccccc1)C(c1ccccc1)=C5c1ccccc1)[nH]4)C=C3.[Zn]. The monoisotopic (exact) mass is 738 g/mol. The zero-order valence-electron chi connectivity index (χ0n) is 28.5. The van der Waals surface area contributed by atoms with Gasteiger partial charge in [-0.15, -0.1) is 0 Å². The van der Waals surface area contributed by atoms with Gasteiger partial charge in [-0.1, -0.05) is 109 Å². The van der Waals surface area contributed by atoms with Crippen LogP contribution in [0.2, 0.25) is 0 Å². The van der Waals surface area contributed by atoms with Crippen LogP contribution >= 0.6 is 0 Å². The first-order valence-corrected chi connectivity index (χ1v) is 16.9. The number of nitrogen functional groups attached to an aromatic ring is 1. The Kier molecular flexibility index (Phi) is 8.70. The summed E-state index contributed by atoms with van der Waals surface area (Å²) in [5.74, 6) is 0. The summed E-state index contributed by atoms with van der Waals surface area (Å²) in [6.07, 6.45) is 3.75. The van der Waals surface area contributed by atoms with E-state index in [1.54, 1.807) is 6.07 Å². The largest absolute Gasteiger partial charge is 0.391 e. The zero-order chi connectivity index (χ0) is 35.2. The van der Waals surface area contributed by atoms with Crippen molar-refractivity contribution in [3.63, 3.8) is 0 Å². The third-order valence-electron chi connectivity index (χ3n) is 9.34. The number of hydrogen-bond acceptors (Lipinski definition) is 5. The smallest absolute Gasteiger partial charge is 0.318 e. The molecule has 0 radical (unpaired) electrons. The molecule has 0 atom stereocenters. The second kappa shape index (κ2) is 13.8. The fraction of sp³-hybridized carbons (Fsp3) is 0. The fourth-order valence-electron chi connectivity index (χ4n) is 7.15. The average Bonchev–Trinajstić information content (AvgIpc) is 3.96. The molecule has 0 unspecified atom stereocenters. The molecular weight excluding hydrogens is 710 g/mol. The van der Waals surface area contributed by atoms with Crippen molar-refractivity contribution in [1.82, 2.24) is 19.5 Å². The molecule has 53 heavy (non-hydrogen) atoms. The summed E-state index contributed by atoms with van der Waals surface area (Å²) in [6.45, 7) is 0. The Morgan fingerprint density at radius 3 is 1.75 bits per heavy atom. The van der Waals surface area contributed by atoms with Crippen molar-refractivity contribution < 1.29 is 24.4 Å². The van der Waals surface area contributed by atoms with E-state index < -0.39 is 4.92 Å². The molecule has 8 bridgehead atoms. The van der Waals surface area contributed by atoms with Gasteiger partial charge >= 0.3 is 5.69 Å². The van der Waals surface area contributed by atoms with Gasteiger partial charge in [-0.3, -0.25) is 10.1 Å². The summed E-state index contributed by atoms with van der Waals surface area (Å²) in [4.78, 5) is 26.6. The van der Waals surface area contributed by atoms with Crippen LogP contribution < -0.4 is 5.73 Å². The van der Waals surface area contributed by atoms with Gasteiger partial charge in [-0.05, 0) is 71.3 Å². The zero-order valence-corrected chi connectivity index (χ0v) is 31.4. The number of para-hydroxylation sites is 1. The molecular formula is C44H30N6O2Zn. The Morgan fingerprint density at radius 1 is 0.623 bits per heavy atom. The van der Waals surface area contributed by atoms with Crippen LogP contribution in [0.25, 0.3) is 62.2 Å². The molecule has 9 heteroatoms. The molecule has 3 aromatic heterocycles. The minimum absolute atomic E-state index is 0. The van der Waals surface area contributed by atoms with Crippen LogP contribution in [0.15, 0.2) is 152 Å². The van der Waals surface area contributed by atoms with Gasteiger partial charge in [0.1, 0.15) is 11.2 Å². The summed E-state index contributed by atoms with van der Waals surface area (Å²) in [5.41, 5.74) is 18.0. The van der Waals surface area contributed by atoms with Crippen molar-refractivity contribution in [1.29, 1.82) is 0 Å². The number of aromatic nitrogens is 4. The van der Waals surface area contributed by atoms with E-state index in [4.69, 9.17) is 15.7 Å². The third-order valence-corrected chi connectivity index (χ3v) is 9.34.